The molecule has 2 aromatic rings. The van der Waals surface area contributed by atoms with Crippen molar-refractivity contribution in [2.45, 2.75) is 6.29 Å². The Balaban J connectivity index is 1.14. The molecule has 1 atom stereocenters. The van der Waals surface area contributed by atoms with Crippen molar-refractivity contribution in [2.24, 2.45) is 15.8 Å². The zero-order chi connectivity index (χ0) is 25.7. The minimum atomic E-state index is -0.567. The van der Waals surface area contributed by atoms with Crippen LogP contribution in [0, 0.1) is 17.1 Å². The van der Waals surface area contributed by atoms with E-state index >= 15 is 0 Å². The van der Waals surface area contributed by atoms with Gasteiger partial charge in [-0.15, -0.1) is 0 Å². The second-order valence-corrected chi connectivity index (χ2v) is 9.07. The molecule has 37 heavy (non-hydrogen) atoms. The fraction of sp³-hybridized carbons (Fsp3) is 0.333. The van der Waals surface area contributed by atoms with Crippen LogP contribution in [0.15, 0.2) is 56.7 Å². The van der Waals surface area contributed by atoms with Crippen LogP contribution in [0.25, 0.3) is 5.70 Å². The number of rotatable bonds is 5. The van der Waals surface area contributed by atoms with Crippen molar-refractivity contribution in [1.82, 2.24) is 24.8 Å². The number of halogens is 1. The minimum Gasteiger partial charge on any atom is -0.463 e. The van der Waals surface area contributed by atoms with Gasteiger partial charge in [-0.3, -0.25) is 9.80 Å². The van der Waals surface area contributed by atoms with E-state index in [-0.39, 0.29) is 11.6 Å². The van der Waals surface area contributed by atoms with Crippen LogP contribution in [0.2, 0.25) is 0 Å². The highest BCUT2D eigenvalue weighted by molar-refractivity contribution is 6.12. The molecule has 0 spiro atoms. The number of nitrogens with two attached hydrogens (primary N) is 1. The lowest BCUT2D eigenvalue weighted by Gasteiger charge is -2.36. The molecule has 4 aliphatic rings. The molecule has 1 aromatic carbocycles. The Labute approximate surface area is 212 Å². The maximum Gasteiger partial charge on any atom is 0.341 e. The molecule has 2 N–H and O–H groups in total. The number of benzene rings is 1. The lowest BCUT2D eigenvalue weighted by Crippen LogP contribution is -2.49. The summed E-state index contributed by atoms with van der Waals surface area (Å²) in [6.07, 6.45) is 2.48. The highest BCUT2D eigenvalue weighted by atomic mass is 19.1. The maximum absolute atomic E-state index is 14.0. The molecule has 12 nitrogen and oxygen atoms in total. The summed E-state index contributed by atoms with van der Waals surface area (Å²) in [5.41, 5.74) is 1.99. The molecule has 0 aliphatic carbocycles. The van der Waals surface area contributed by atoms with Crippen molar-refractivity contribution in [3.05, 3.63) is 59.4 Å². The number of piperazine rings is 1. The van der Waals surface area contributed by atoms with Crippen molar-refractivity contribution < 1.29 is 13.6 Å². The molecule has 0 radical (unpaired) electrons. The van der Waals surface area contributed by atoms with E-state index in [1.807, 2.05) is 6.07 Å². The van der Waals surface area contributed by atoms with Crippen molar-refractivity contribution in [3.63, 3.8) is 0 Å². The highest BCUT2D eigenvalue weighted by Gasteiger charge is 2.51. The Bertz CT molecular complexity index is 1360. The van der Waals surface area contributed by atoms with Crippen LogP contribution in [-0.4, -0.2) is 95.6 Å². The number of hydrazine groups is 2. The second kappa shape index (κ2) is 8.91. The fourth-order valence-corrected chi connectivity index (χ4v) is 5.04. The largest absolute Gasteiger partial charge is 0.463 e. The minimum absolute atomic E-state index is 0.0448. The molecular formula is C24H25FN10O2. The van der Waals surface area contributed by atoms with E-state index in [1.165, 1.54) is 28.5 Å². The van der Waals surface area contributed by atoms with Gasteiger partial charge in [-0.05, 0) is 30.3 Å². The second-order valence-electron chi connectivity index (χ2n) is 9.07. The summed E-state index contributed by atoms with van der Waals surface area (Å²) in [6.45, 7) is 4.10. The Morgan fingerprint density at radius 3 is 2.73 bits per heavy atom. The van der Waals surface area contributed by atoms with Gasteiger partial charge in [0, 0.05) is 52.0 Å². The number of nitrogens with zero attached hydrogens (tertiary/aromatic N) is 9. The number of furan rings is 1. The van der Waals surface area contributed by atoms with Crippen LogP contribution in [0.4, 0.5) is 14.9 Å². The molecule has 0 saturated carbocycles. The van der Waals surface area contributed by atoms with Gasteiger partial charge in [0.15, 0.2) is 11.6 Å². The summed E-state index contributed by atoms with van der Waals surface area (Å²) in [4.78, 5) is 28.5. The average Bonchev–Trinajstić information content (AvgIpc) is 3.63. The molecule has 13 heteroatoms. The lowest BCUT2D eigenvalue weighted by molar-refractivity contribution is 0.0841. The summed E-state index contributed by atoms with van der Waals surface area (Å²) in [5, 5.41) is 13.6. The smallest absolute Gasteiger partial charge is 0.341 e. The summed E-state index contributed by atoms with van der Waals surface area (Å²) >= 11 is 0. The zero-order valence-electron chi connectivity index (χ0n) is 20.2. The first kappa shape index (κ1) is 23.0. The third kappa shape index (κ3) is 3.78. The number of aliphatic imine (C=N–C) groups is 2. The average molecular weight is 505 g/mol. The van der Waals surface area contributed by atoms with E-state index in [2.05, 4.69) is 14.8 Å². The van der Waals surface area contributed by atoms with Gasteiger partial charge in [0.2, 0.25) is 6.29 Å². The molecule has 2 saturated heterocycles. The maximum atomic E-state index is 14.0. The standard InChI is InChI=1S/C24H25FN10O2/c1-30-24(36)33(11-8-31-6-9-32(10-7-31)17-5-4-16(14-26)18(25)13-17)23-29-22-21(35(23)30)20(28-15-34(22)27)19-3-2-12-37-19/h2-5,12-13,15,23H,6-11,27H2,1H3. The Morgan fingerprint density at radius 2 is 2.03 bits per heavy atom. The molecule has 190 valence electrons. The predicted octanol–water partition coefficient (Wildman–Crippen LogP) is 1.28. The molecule has 1 aromatic heterocycles. The number of hydrogen-bond acceptors (Lipinski definition) is 10. The number of carbonyl (C=O) groups is 1. The van der Waals surface area contributed by atoms with Gasteiger partial charge in [-0.2, -0.15) is 5.26 Å². The number of urea groups is 1. The van der Waals surface area contributed by atoms with E-state index in [0.717, 1.165) is 31.9 Å². The fourth-order valence-electron chi connectivity index (χ4n) is 5.04. The van der Waals surface area contributed by atoms with Crippen molar-refractivity contribution in [2.75, 3.05) is 51.2 Å². The van der Waals surface area contributed by atoms with Crippen LogP contribution in [0.5, 0.6) is 0 Å². The van der Waals surface area contributed by atoms with Gasteiger partial charge in [-0.25, -0.2) is 40.0 Å². The number of amides is 2. The lowest BCUT2D eigenvalue weighted by atomic mass is 10.2. The van der Waals surface area contributed by atoms with E-state index in [4.69, 9.17) is 20.5 Å². The number of carbonyl (C=O) groups excluding carboxylic acids is 1. The Morgan fingerprint density at radius 1 is 1.22 bits per heavy atom. The summed E-state index contributed by atoms with van der Waals surface area (Å²) in [5.74, 6) is 6.70. The van der Waals surface area contributed by atoms with E-state index in [1.54, 1.807) is 41.4 Å². The summed E-state index contributed by atoms with van der Waals surface area (Å²) in [7, 11) is 1.70. The van der Waals surface area contributed by atoms with Crippen LogP contribution in [0.3, 0.4) is 0 Å². The number of fused-ring (bicyclic) bond motifs is 3. The molecule has 5 heterocycles. The van der Waals surface area contributed by atoms with Crippen LogP contribution < -0.4 is 10.7 Å². The van der Waals surface area contributed by atoms with Gasteiger partial charge >= 0.3 is 6.03 Å². The molecule has 0 bridgehead atoms. The van der Waals surface area contributed by atoms with Crippen LogP contribution in [0.1, 0.15) is 11.3 Å². The molecule has 4 aliphatic heterocycles. The quantitative estimate of drug-likeness (QED) is 0.604. The highest BCUT2D eigenvalue weighted by Crippen LogP contribution is 2.38. The molecule has 6 rings (SSSR count). The van der Waals surface area contributed by atoms with Gasteiger partial charge in [-0.1, -0.05) is 0 Å². The number of anilines is 1. The van der Waals surface area contributed by atoms with E-state index < -0.39 is 12.1 Å². The third-order valence-corrected chi connectivity index (χ3v) is 7.02. The molecule has 1 unspecified atom stereocenters. The number of hydrogen-bond donors (Lipinski definition) is 1. The normalized spacial score (nSPS) is 21.6. The van der Waals surface area contributed by atoms with Gasteiger partial charge in [0.1, 0.15) is 29.6 Å². The predicted molar refractivity (Wildman–Crippen MR) is 133 cm³/mol. The van der Waals surface area contributed by atoms with Crippen LogP contribution >= 0.6 is 0 Å². The van der Waals surface area contributed by atoms with Crippen molar-refractivity contribution in [1.29, 1.82) is 5.26 Å². The van der Waals surface area contributed by atoms with Gasteiger partial charge in [0.25, 0.3) is 0 Å². The first-order chi connectivity index (χ1) is 18.0. The topological polar surface area (TPSA) is 124 Å². The van der Waals surface area contributed by atoms with E-state index in [0.29, 0.717) is 36.1 Å². The molecule has 2 fully saturated rings. The van der Waals surface area contributed by atoms with Crippen molar-refractivity contribution in [3.8, 4) is 6.07 Å². The molecule has 2 amide bonds. The summed E-state index contributed by atoms with van der Waals surface area (Å²) < 4.78 is 19.6. The Hall–Kier alpha value is -4.41. The van der Waals surface area contributed by atoms with Gasteiger partial charge in [0.05, 0.1) is 11.8 Å². The first-order valence-corrected chi connectivity index (χ1v) is 11.9. The third-order valence-electron chi connectivity index (χ3n) is 7.02. The number of amidine groups is 1. The zero-order valence-corrected chi connectivity index (χ0v) is 20.2. The van der Waals surface area contributed by atoms with Crippen LogP contribution in [-0.2, 0) is 0 Å². The Kier molecular flexibility index (Phi) is 5.54. The van der Waals surface area contributed by atoms with E-state index in [9.17, 15) is 9.18 Å². The number of nitriles is 1. The molecular weight excluding hydrogens is 479 g/mol. The monoisotopic (exact) mass is 504 g/mol. The first-order valence-electron chi connectivity index (χ1n) is 11.9. The van der Waals surface area contributed by atoms with Crippen molar-refractivity contribution >= 4 is 29.6 Å². The summed E-state index contributed by atoms with van der Waals surface area (Å²) in [6, 6.07) is 9.97. The van der Waals surface area contributed by atoms with Gasteiger partial charge < -0.3 is 9.32 Å². The SMILES string of the molecule is CN1C(=O)N(CCN2CCN(c3ccc(C#N)c(F)c3)CC2)C2N=C3C(=C(c4ccco4)N=CN3N)N21.